The molecule has 2 aromatic heterocycles. The lowest BCUT2D eigenvalue weighted by Crippen LogP contribution is -2.43. The molecule has 276 valence electrons. The van der Waals surface area contributed by atoms with E-state index in [2.05, 4.69) is 28.5 Å². The summed E-state index contributed by atoms with van der Waals surface area (Å²) >= 11 is 0. The molecule has 4 aliphatic heterocycles. The largest absolute Gasteiger partial charge is 0.461 e. The van der Waals surface area contributed by atoms with Crippen LogP contribution in [0.5, 0.6) is 6.01 Å². The van der Waals surface area contributed by atoms with Crippen LogP contribution < -0.4 is 15.4 Å². The monoisotopic (exact) mass is 726 g/mol. The van der Waals surface area contributed by atoms with E-state index in [9.17, 15) is 22.4 Å². The Hall–Kier alpha value is -4.75. The van der Waals surface area contributed by atoms with Crippen molar-refractivity contribution in [1.82, 2.24) is 29.5 Å². The Kier molecular flexibility index (Phi) is 9.15. The van der Waals surface area contributed by atoms with Crippen molar-refractivity contribution in [2.24, 2.45) is 0 Å². The minimum absolute atomic E-state index is 0.0496. The van der Waals surface area contributed by atoms with Crippen molar-refractivity contribution in [2.75, 3.05) is 51.0 Å². The number of halogens is 5. The van der Waals surface area contributed by atoms with Crippen molar-refractivity contribution < 1.29 is 36.2 Å². The summed E-state index contributed by atoms with van der Waals surface area (Å²) in [5.41, 5.74) is 5.15. The number of hydrogen-bond donors (Lipinski definition) is 1. The molecule has 0 aliphatic carbocycles. The summed E-state index contributed by atoms with van der Waals surface area (Å²) in [6, 6.07) is 2.56. The first kappa shape index (κ1) is 35.6. The third kappa shape index (κ3) is 6.44. The van der Waals surface area contributed by atoms with Crippen molar-refractivity contribution >= 4 is 17.4 Å². The van der Waals surface area contributed by atoms with E-state index in [0.717, 1.165) is 17.3 Å². The van der Waals surface area contributed by atoms with Crippen LogP contribution in [0.4, 0.5) is 33.5 Å². The van der Waals surface area contributed by atoms with Gasteiger partial charge in [-0.3, -0.25) is 14.4 Å². The fourth-order valence-electron chi connectivity index (χ4n) is 7.91. The molecule has 52 heavy (non-hydrogen) atoms. The molecule has 2 N–H and O–H groups in total. The van der Waals surface area contributed by atoms with Gasteiger partial charge in [0, 0.05) is 69.8 Å². The van der Waals surface area contributed by atoms with Gasteiger partial charge in [-0.25, -0.2) is 8.78 Å². The standard InChI is InChI=1S/C36H39F5N8O3/c1-5-7-21-10-25(42)31(38)29(30(21)36(39,40)41)28-12-26-24(18-51-28)32(47-8-6-9-49-23(17-47)11-27(45-49)33(50)46(3)4)44-34(43-26)52-19-35-13-20(2)15-48(35)16-22(37)14-35/h10-11,22,28H,2,6,8-9,12-19,42H2,1,3-4H3/t22-,28+,35+/m0/s1. The van der Waals surface area contributed by atoms with E-state index in [1.807, 2.05) is 9.80 Å². The first-order chi connectivity index (χ1) is 24.7. The van der Waals surface area contributed by atoms with Gasteiger partial charge in [0.05, 0.1) is 47.4 Å². The maximum atomic E-state index is 15.7. The lowest BCUT2D eigenvalue weighted by Gasteiger charge is -2.33. The van der Waals surface area contributed by atoms with Crippen molar-refractivity contribution in [3.63, 3.8) is 0 Å². The molecule has 0 spiro atoms. The second kappa shape index (κ2) is 13.3. The van der Waals surface area contributed by atoms with Crippen molar-refractivity contribution in [2.45, 2.75) is 76.3 Å². The number of carbonyl (C=O) groups excluding carboxylic acids is 1. The van der Waals surface area contributed by atoms with E-state index in [4.69, 9.17) is 20.2 Å². The van der Waals surface area contributed by atoms with Gasteiger partial charge in [0.1, 0.15) is 18.6 Å². The van der Waals surface area contributed by atoms with Crippen LogP contribution in [0.3, 0.4) is 0 Å². The number of rotatable bonds is 6. The second-order valence-corrected chi connectivity index (χ2v) is 14.1. The molecule has 16 heteroatoms. The van der Waals surface area contributed by atoms with E-state index in [1.165, 1.54) is 11.8 Å². The number of ether oxygens (including phenoxy) is 2. The van der Waals surface area contributed by atoms with Gasteiger partial charge in [0.15, 0.2) is 11.5 Å². The van der Waals surface area contributed by atoms with Crippen molar-refractivity contribution in [3.8, 4) is 17.9 Å². The average Bonchev–Trinajstić information content (AvgIpc) is 3.66. The summed E-state index contributed by atoms with van der Waals surface area (Å²) in [7, 11) is 3.29. The first-order valence-electron chi connectivity index (χ1n) is 17.0. The quantitative estimate of drug-likeness (QED) is 0.165. The van der Waals surface area contributed by atoms with Gasteiger partial charge in [-0.05, 0) is 31.9 Å². The van der Waals surface area contributed by atoms with Crippen LogP contribution in [0.2, 0.25) is 0 Å². The fourth-order valence-corrected chi connectivity index (χ4v) is 7.91. The summed E-state index contributed by atoms with van der Waals surface area (Å²) in [6.07, 6.45) is -6.24. The number of nitrogen functional groups attached to an aromatic ring is 1. The normalized spacial score (nSPS) is 23.0. The predicted octanol–water partition coefficient (Wildman–Crippen LogP) is 4.83. The molecule has 11 nitrogen and oxygen atoms in total. The topological polar surface area (TPSA) is 115 Å². The molecule has 1 amide bonds. The number of alkyl halides is 4. The zero-order valence-corrected chi connectivity index (χ0v) is 29.1. The van der Waals surface area contributed by atoms with Crippen molar-refractivity contribution in [3.05, 3.63) is 69.4 Å². The van der Waals surface area contributed by atoms with Crippen LogP contribution in [0.1, 0.15) is 76.4 Å². The number of nitrogens with two attached hydrogens (primary N) is 1. The molecule has 2 fully saturated rings. The highest BCUT2D eigenvalue weighted by Gasteiger charge is 2.51. The Bertz CT molecular complexity index is 2000. The highest BCUT2D eigenvalue weighted by Crippen LogP contribution is 2.45. The Balaban J connectivity index is 1.29. The number of fused-ring (bicyclic) bond motifs is 3. The SMILES string of the molecule is C=C1CN2C[C@@H](F)C[C@@]2(COc2nc3c(c(N4CCCn5nc(C(=O)N(C)C)cc5C4)n2)CO[C@@H](c2c(F)c(N)cc(C#CC)c2C(F)(F)F)C3)C1. The highest BCUT2D eigenvalue weighted by atomic mass is 19.4. The van der Waals surface area contributed by atoms with Gasteiger partial charge in [-0.2, -0.15) is 28.2 Å². The number of hydrogen-bond acceptors (Lipinski definition) is 9. The molecule has 1 aromatic carbocycles. The van der Waals surface area contributed by atoms with Gasteiger partial charge >= 0.3 is 12.2 Å². The van der Waals surface area contributed by atoms with Crippen LogP contribution in [0.15, 0.2) is 24.3 Å². The summed E-state index contributed by atoms with van der Waals surface area (Å²) in [5.74, 6) is 3.81. The maximum absolute atomic E-state index is 15.7. The first-order valence-corrected chi connectivity index (χ1v) is 17.0. The molecular formula is C36H39F5N8O3. The molecule has 0 bridgehead atoms. The highest BCUT2D eigenvalue weighted by molar-refractivity contribution is 5.92. The number of carbonyl (C=O) groups is 1. The zero-order chi connectivity index (χ0) is 37.1. The minimum Gasteiger partial charge on any atom is -0.461 e. The third-order valence-corrected chi connectivity index (χ3v) is 10.1. The minimum atomic E-state index is -4.97. The molecule has 4 aliphatic rings. The zero-order valence-electron chi connectivity index (χ0n) is 29.1. The molecule has 7 rings (SSSR count). The predicted molar refractivity (Wildman–Crippen MR) is 181 cm³/mol. The van der Waals surface area contributed by atoms with Crippen LogP contribution in [0.25, 0.3) is 0 Å². The Morgan fingerprint density at radius 2 is 2.02 bits per heavy atom. The Morgan fingerprint density at radius 3 is 2.75 bits per heavy atom. The third-order valence-electron chi connectivity index (χ3n) is 10.1. The molecule has 3 atom stereocenters. The van der Waals surface area contributed by atoms with Crippen molar-refractivity contribution in [1.29, 1.82) is 0 Å². The van der Waals surface area contributed by atoms with Crippen LogP contribution in [0, 0.1) is 17.7 Å². The van der Waals surface area contributed by atoms with Gasteiger partial charge in [0.25, 0.3) is 5.91 Å². The van der Waals surface area contributed by atoms with Gasteiger partial charge < -0.3 is 25.0 Å². The lowest BCUT2D eigenvalue weighted by atomic mass is 9.91. The summed E-state index contributed by atoms with van der Waals surface area (Å²) < 4.78 is 88.2. The van der Waals surface area contributed by atoms with E-state index < -0.39 is 52.2 Å². The van der Waals surface area contributed by atoms with Gasteiger partial charge in [-0.15, -0.1) is 5.92 Å². The summed E-state index contributed by atoms with van der Waals surface area (Å²) in [4.78, 5) is 27.6. The summed E-state index contributed by atoms with van der Waals surface area (Å²) in [5, 5.41) is 4.52. The maximum Gasteiger partial charge on any atom is 0.418 e. The number of anilines is 2. The number of aryl methyl sites for hydroxylation is 1. The molecule has 0 radical (unpaired) electrons. The van der Waals surface area contributed by atoms with E-state index in [0.29, 0.717) is 61.8 Å². The van der Waals surface area contributed by atoms with E-state index >= 15 is 4.39 Å². The van der Waals surface area contributed by atoms with Gasteiger partial charge in [-0.1, -0.05) is 18.1 Å². The van der Waals surface area contributed by atoms with Crippen LogP contribution >= 0.6 is 0 Å². The van der Waals surface area contributed by atoms with Crippen LogP contribution in [-0.4, -0.2) is 87.5 Å². The van der Waals surface area contributed by atoms with E-state index in [-0.39, 0.29) is 44.5 Å². The molecular weight excluding hydrogens is 687 g/mol. The molecule has 2 saturated heterocycles. The molecule has 3 aromatic rings. The Labute approximate surface area is 297 Å². The Morgan fingerprint density at radius 1 is 1.23 bits per heavy atom. The number of benzene rings is 1. The smallest absolute Gasteiger partial charge is 0.418 e. The second-order valence-electron chi connectivity index (χ2n) is 14.1. The average molecular weight is 727 g/mol. The molecule has 6 heterocycles. The van der Waals surface area contributed by atoms with Gasteiger partial charge in [0.2, 0.25) is 0 Å². The number of aromatic nitrogens is 4. The number of amides is 1. The van der Waals surface area contributed by atoms with E-state index in [1.54, 1.807) is 24.8 Å². The fraction of sp³-hybridized carbons (Fsp3) is 0.500. The number of nitrogens with zero attached hydrogens (tertiary/aromatic N) is 7. The lowest BCUT2D eigenvalue weighted by molar-refractivity contribution is -0.140. The molecule has 0 saturated carbocycles. The van der Waals surface area contributed by atoms with Crippen LogP contribution in [-0.2, 0) is 37.0 Å². The molecule has 0 unspecified atom stereocenters. The summed E-state index contributed by atoms with van der Waals surface area (Å²) in [6.45, 7) is 7.46.